The van der Waals surface area contributed by atoms with Gasteiger partial charge in [0.15, 0.2) is 0 Å². The molecule has 1 heterocycles. The average molecular weight is 431 g/mol. The van der Waals surface area contributed by atoms with Gasteiger partial charge in [-0.1, -0.05) is 66.7 Å². The van der Waals surface area contributed by atoms with E-state index < -0.39 is 5.60 Å². The van der Waals surface area contributed by atoms with Gasteiger partial charge in [0, 0.05) is 31.0 Å². The zero-order valence-electron chi connectivity index (χ0n) is 19.6. The number of nitrogens with zero attached hydrogens (tertiary/aromatic N) is 2. The predicted molar refractivity (Wildman–Crippen MR) is 129 cm³/mol. The third-order valence-electron chi connectivity index (χ3n) is 5.30. The molecule has 3 rings (SSSR count). The standard InChI is InChI=1S/C28H34N2O2/c1-22-15-16-25(20-29-22)26(19-27(31)32-28(2,3)4)30(21-24-13-9-6-10-14-24)18-17-23-11-7-5-8-12-23/h5-16,20,26H,17-19,21H2,1-4H3. The van der Waals surface area contributed by atoms with Crippen molar-refractivity contribution in [2.24, 2.45) is 0 Å². The number of pyridine rings is 1. The minimum absolute atomic E-state index is 0.123. The molecule has 32 heavy (non-hydrogen) atoms. The topological polar surface area (TPSA) is 42.4 Å². The molecule has 0 aliphatic heterocycles. The van der Waals surface area contributed by atoms with E-state index in [4.69, 9.17) is 4.74 Å². The van der Waals surface area contributed by atoms with Crippen molar-refractivity contribution in [2.45, 2.75) is 58.7 Å². The predicted octanol–water partition coefficient (Wildman–Crippen LogP) is 5.91. The highest BCUT2D eigenvalue weighted by Crippen LogP contribution is 2.28. The van der Waals surface area contributed by atoms with Gasteiger partial charge in [0.1, 0.15) is 5.60 Å². The largest absolute Gasteiger partial charge is 0.460 e. The summed E-state index contributed by atoms with van der Waals surface area (Å²) in [5.41, 5.74) is 3.98. The molecule has 0 saturated carbocycles. The first kappa shape index (κ1) is 23.7. The van der Waals surface area contributed by atoms with Crippen molar-refractivity contribution in [1.29, 1.82) is 0 Å². The van der Waals surface area contributed by atoms with Gasteiger partial charge >= 0.3 is 5.97 Å². The number of hydrogen-bond acceptors (Lipinski definition) is 4. The molecule has 168 valence electrons. The van der Waals surface area contributed by atoms with Gasteiger partial charge in [0.25, 0.3) is 0 Å². The molecule has 0 saturated heterocycles. The molecule has 0 bridgehead atoms. The Hall–Kier alpha value is -2.98. The van der Waals surface area contributed by atoms with Gasteiger partial charge < -0.3 is 4.74 Å². The van der Waals surface area contributed by atoms with Crippen LogP contribution in [0.3, 0.4) is 0 Å². The summed E-state index contributed by atoms with van der Waals surface area (Å²) >= 11 is 0. The van der Waals surface area contributed by atoms with Crippen molar-refractivity contribution >= 4 is 5.97 Å². The highest BCUT2D eigenvalue weighted by molar-refractivity contribution is 5.71. The molecule has 1 atom stereocenters. The maximum atomic E-state index is 12.9. The summed E-state index contributed by atoms with van der Waals surface area (Å²) in [5.74, 6) is -0.194. The van der Waals surface area contributed by atoms with E-state index in [0.29, 0.717) is 0 Å². The number of hydrogen-bond donors (Lipinski definition) is 0. The molecule has 1 unspecified atom stereocenters. The molecule has 0 radical (unpaired) electrons. The van der Waals surface area contributed by atoms with Crippen LogP contribution >= 0.6 is 0 Å². The number of carbonyl (C=O) groups is 1. The molecule has 0 amide bonds. The van der Waals surface area contributed by atoms with E-state index in [9.17, 15) is 4.79 Å². The Morgan fingerprint density at radius 2 is 1.56 bits per heavy atom. The fourth-order valence-electron chi connectivity index (χ4n) is 3.76. The summed E-state index contributed by atoms with van der Waals surface area (Å²) in [6, 6.07) is 24.8. The third-order valence-corrected chi connectivity index (χ3v) is 5.30. The fourth-order valence-corrected chi connectivity index (χ4v) is 3.76. The zero-order valence-corrected chi connectivity index (χ0v) is 19.6. The summed E-state index contributed by atoms with van der Waals surface area (Å²) in [6.07, 6.45) is 3.08. The fraction of sp³-hybridized carbons (Fsp3) is 0.357. The second kappa shape index (κ2) is 11.1. The lowest BCUT2D eigenvalue weighted by molar-refractivity contribution is -0.156. The second-order valence-corrected chi connectivity index (χ2v) is 9.23. The maximum Gasteiger partial charge on any atom is 0.308 e. The number of aromatic nitrogens is 1. The molecule has 4 nitrogen and oxygen atoms in total. The van der Waals surface area contributed by atoms with Crippen LogP contribution < -0.4 is 0 Å². The van der Waals surface area contributed by atoms with Gasteiger partial charge in [-0.15, -0.1) is 0 Å². The van der Waals surface area contributed by atoms with Crippen LogP contribution in [0.25, 0.3) is 0 Å². The molecule has 4 heteroatoms. The smallest absolute Gasteiger partial charge is 0.308 e. The van der Waals surface area contributed by atoms with E-state index in [1.54, 1.807) is 0 Å². The molecule has 0 spiro atoms. The normalized spacial score (nSPS) is 12.5. The van der Waals surface area contributed by atoms with Gasteiger partial charge in [-0.3, -0.25) is 14.7 Å². The van der Waals surface area contributed by atoms with E-state index in [-0.39, 0.29) is 18.4 Å². The van der Waals surface area contributed by atoms with Crippen molar-refractivity contribution in [3.05, 3.63) is 101 Å². The van der Waals surface area contributed by atoms with Crippen molar-refractivity contribution in [3.63, 3.8) is 0 Å². The number of carbonyl (C=O) groups excluding carboxylic acids is 1. The minimum Gasteiger partial charge on any atom is -0.460 e. The molecule has 2 aromatic carbocycles. The van der Waals surface area contributed by atoms with Crippen molar-refractivity contribution < 1.29 is 9.53 Å². The van der Waals surface area contributed by atoms with Gasteiger partial charge in [-0.2, -0.15) is 0 Å². The Bertz CT molecular complexity index is 964. The van der Waals surface area contributed by atoms with Crippen LogP contribution in [0.5, 0.6) is 0 Å². The van der Waals surface area contributed by atoms with Crippen molar-refractivity contribution in [3.8, 4) is 0 Å². The first-order chi connectivity index (χ1) is 15.3. The van der Waals surface area contributed by atoms with Crippen molar-refractivity contribution in [2.75, 3.05) is 6.54 Å². The quantitative estimate of drug-likeness (QED) is 0.396. The number of aryl methyl sites for hydroxylation is 1. The first-order valence-electron chi connectivity index (χ1n) is 11.3. The van der Waals surface area contributed by atoms with Crippen LogP contribution in [0.1, 0.15) is 55.6 Å². The summed E-state index contributed by atoms with van der Waals surface area (Å²) in [4.78, 5) is 19.8. The van der Waals surface area contributed by atoms with Crippen LogP contribution in [0.15, 0.2) is 79.0 Å². The molecular formula is C28H34N2O2. The molecular weight excluding hydrogens is 396 g/mol. The van der Waals surface area contributed by atoms with Gasteiger partial charge in [-0.25, -0.2) is 0 Å². The molecule has 1 aromatic heterocycles. The molecule has 0 aliphatic carbocycles. The Labute approximate surface area is 192 Å². The second-order valence-electron chi connectivity index (χ2n) is 9.23. The lowest BCUT2D eigenvalue weighted by Gasteiger charge is -2.32. The Kier molecular flexibility index (Phi) is 8.18. The molecule has 0 N–H and O–H groups in total. The van der Waals surface area contributed by atoms with Crippen LogP contribution in [0.2, 0.25) is 0 Å². The lowest BCUT2D eigenvalue weighted by atomic mass is 10.0. The van der Waals surface area contributed by atoms with E-state index in [2.05, 4.69) is 64.5 Å². The summed E-state index contributed by atoms with van der Waals surface area (Å²) < 4.78 is 5.69. The van der Waals surface area contributed by atoms with Gasteiger partial charge in [-0.05, 0) is 56.9 Å². The van der Waals surface area contributed by atoms with Crippen molar-refractivity contribution in [1.82, 2.24) is 9.88 Å². The number of ether oxygens (including phenoxy) is 1. The third kappa shape index (κ3) is 7.61. The highest BCUT2D eigenvalue weighted by atomic mass is 16.6. The Morgan fingerprint density at radius 3 is 2.12 bits per heavy atom. The number of rotatable bonds is 9. The molecule has 3 aromatic rings. The lowest BCUT2D eigenvalue weighted by Crippen LogP contribution is -2.34. The van der Waals surface area contributed by atoms with E-state index in [1.807, 2.05) is 52.1 Å². The summed E-state index contributed by atoms with van der Waals surface area (Å²) in [6.45, 7) is 9.26. The summed E-state index contributed by atoms with van der Waals surface area (Å²) in [7, 11) is 0. The van der Waals surface area contributed by atoms with Crippen LogP contribution in [-0.4, -0.2) is 28.0 Å². The molecule has 0 aliphatic rings. The minimum atomic E-state index is -0.512. The van der Waals surface area contributed by atoms with E-state index >= 15 is 0 Å². The Balaban J connectivity index is 1.90. The van der Waals surface area contributed by atoms with Gasteiger partial charge in [0.05, 0.1) is 6.42 Å². The van der Waals surface area contributed by atoms with Crippen LogP contribution in [0.4, 0.5) is 0 Å². The van der Waals surface area contributed by atoms with E-state index in [1.165, 1.54) is 11.1 Å². The number of benzene rings is 2. The Morgan fingerprint density at radius 1 is 0.938 bits per heavy atom. The summed E-state index contributed by atoms with van der Waals surface area (Å²) in [5, 5.41) is 0. The average Bonchev–Trinajstić information content (AvgIpc) is 2.76. The highest BCUT2D eigenvalue weighted by Gasteiger charge is 2.27. The zero-order chi connectivity index (χ0) is 23.0. The monoisotopic (exact) mass is 430 g/mol. The van der Waals surface area contributed by atoms with Crippen LogP contribution in [-0.2, 0) is 22.5 Å². The molecule has 0 fully saturated rings. The first-order valence-corrected chi connectivity index (χ1v) is 11.3. The maximum absolute atomic E-state index is 12.9. The van der Waals surface area contributed by atoms with E-state index in [0.717, 1.165) is 30.8 Å². The van der Waals surface area contributed by atoms with Gasteiger partial charge in [0.2, 0.25) is 0 Å². The van der Waals surface area contributed by atoms with Crippen LogP contribution in [0, 0.1) is 6.92 Å². The number of esters is 1. The SMILES string of the molecule is Cc1ccc(C(CC(=O)OC(C)(C)C)N(CCc2ccccc2)Cc2ccccc2)cn1.